The highest BCUT2D eigenvalue weighted by Crippen LogP contribution is 2.36. The highest BCUT2D eigenvalue weighted by molar-refractivity contribution is 5.98. The van der Waals surface area contributed by atoms with Crippen molar-refractivity contribution in [1.29, 1.82) is 0 Å². The first kappa shape index (κ1) is 45.2. The van der Waals surface area contributed by atoms with E-state index >= 15 is 0 Å². The number of nitrogens with one attached hydrogen (secondary N) is 1. The van der Waals surface area contributed by atoms with Crippen LogP contribution < -0.4 is 16.8 Å². The minimum absolute atomic E-state index is 0.168. The molecule has 2 aromatic carbocycles. The molecule has 3 amide bonds. The lowest BCUT2D eigenvalue weighted by Gasteiger charge is -2.41. The summed E-state index contributed by atoms with van der Waals surface area (Å²) in [6, 6.07) is 11.9. The van der Waals surface area contributed by atoms with Crippen molar-refractivity contribution in [1.82, 2.24) is 40.0 Å². The van der Waals surface area contributed by atoms with Crippen LogP contribution in [0.1, 0.15) is 84.5 Å². The van der Waals surface area contributed by atoms with Crippen molar-refractivity contribution < 1.29 is 50.2 Å². The van der Waals surface area contributed by atoms with Crippen LogP contribution in [0.3, 0.4) is 0 Å². The van der Waals surface area contributed by atoms with Crippen LogP contribution in [0.4, 0.5) is 38.0 Å². The van der Waals surface area contributed by atoms with E-state index < -0.39 is 35.6 Å². The third kappa shape index (κ3) is 8.88. The highest BCUT2D eigenvalue weighted by Gasteiger charge is 2.37. The average molecular weight is 929 g/mol. The number of piperazine rings is 2. The van der Waals surface area contributed by atoms with E-state index in [0.29, 0.717) is 86.4 Å². The van der Waals surface area contributed by atoms with Gasteiger partial charge in [0, 0.05) is 68.1 Å². The van der Waals surface area contributed by atoms with Gasteiger partial charge in [0.05, 0.1) is 73.1 Å². The number of amides is 3. The quantitative estimate of drug-likeness (QED) is 0.166. The Morgan fingerprint density at radius 1 is 0.642 bits per heavy atom. The summed E-state index contributed by atoms with van der Waals surface area (Å²) in [6.45, 7) is 5.00. The number of anilines is 2. The van der Waals surface area contributed by atoms with Gasteiger partial charge in [-0.15, -0.1) is 0 Å². The van der Waals surface area contributed by atoms with E-state index in [1.54, 1.807) is 26.8 Å². The Morgan fingerprint density at radius 3 is 1.55 bits per heavy atom. The number of ether oxygens (including phenoxy) is 2. The molecular formula is C46H42F6N10O5. The molecule has 2 saturated heterocycles. The fourth-order valence-corrected chi connectivity index (χ4v) is 8.91. The molecule has 10 rings (SSSR count). The van der Waals surface area contributed by atoms with Gasteiger partial charge in [-0.05, 0) is 58.7 Å². The van der Waals surface area contributed by atoms with Gasteiger partial charge in [0.2, 0.25) is 5.91 Å². The summed E-state index contributed by atoms with van der Waals surface area (Å²) in [6.07, 6.45) is -5.87. The van der Waals surface area contributed by atoms with E-state index in [0.717, 1.165) is 57.3 Å². The van der Waals surface area contributed by atoms with Gasteiger partial charge in [-0.2, -0.15) is 26.3 Å². The SMILES string of the molecule is CC(=O)N1CCN(C(=O)c2cc3c4c(c(N)nc3cn2)COC4)[C@@H](c2ccc(C(F)(F)F)cc2)C1.Nc1nc2cnc(C(=O)N3CCNC[C@@H]3c3ccc(C(F)(F)F)cc3)cc2c2c1COC2. The van der Waals surface area contributed by atoms with Gasteiger partial charge in [-0.25, -0.2) is 19.9 Å². The number of aromatic nitrogens is 4. The Kier molecular flexibility index (Phi) is 11.9. The number of alkyl halides is 6. The molecule has 0 unspecified atom stereocenters. The smallest absolute Gasteiger partial charge is 0.383 e. The van der Waals surface area contributed by atoms with Crippen LogP contribution in [-0.4, -0.2) is 91.6 Å². The maximum atomic E-state index is 13.6. The molecule has 6 aromatic rings. The van der Waals surface area contributed by atoms with Crippen molar-refractivity contribution in [2.45, 2.75) is 57.8 Å². The summed E-state index contributed by atoms with van der Waals surface area (Å²) < 4.78 is 89.0. The third-order valence-corrected chi connectivity index (χ3v) is 12.5. The molecule has 21 heteroatoms. The highest BCUT2D eigenvalue weighted by atomic mass is 19.4. The van der Waals surface area contributed by atoms with Gasteiger partial charge >= 0.3 is 12.4 Å². The Labute approximate surface area is 378 Å². The topological polar surface area (TPSA) is 195 Å². The van der Waals surface area contributed by atoms with Gasteiger partial charge in [0.25, 0.3) is 11.8 Å². The number of nitrogen functional groups attached to an aromatic ring is 2. The number of halogens is 6. The normalized spacial score (nSPS) is 18.4. The number of rotatable bonds is 4. The van der Waals surface area contributed by atoms with Gasteiger partial charge in [0.15, 0.2) is 0 Å². The molecule has 15 nitrogen and oxygen atoms in total. The number of hydrogen-bond acceptors (Lipinski definition) is 12. The number of pyridine rings is 4. The van der Waals surface area contributed by atoms with Gasteiger partial charge in [0.1, 0.15) is 23.0 Å². The number of benzene rings is 2. The number of fused-ring (bicyclic) bond motifs is 6. The van der Waals surface area contributed by atoms with Crippen LogP contribution in [-0.2, 0) is 53.0 Å². The monoisotopic (exact) mass is 928 g/mol. The van der Waals surface area contributed by atoms with E-state index in [-0.39, 0.29) is 42.2 Å². The van der Waals surface area contributed by atoms with Gasteiger partial charge < -0.3 is 41.0 Å². The zero-order chi connectivity index (χ0) is 47.4. The second-order valence-electron chi connectivity index (χ2n) is 16.5. The van der Waals surface area contributed by atoms with Crippen LogP contribution >= 0.6 is 0 Å². The summed E-state index contributed by atoms with van der Waals surface area (Å²) in [5.74, 6) is -0.0757. The number of nitrogens with two attached hydrogens (primary N) is 2. The first-order chi connectivity index (χ1) is 32.0. The molecule has 2 fully saturated rings. The van der Waals surface area contributed by atoms with Crippen LogP contribution in [0.5, 0.6) is 0 Å². The van der Waals surface area contributed by atoms with Gasteiger partial charge in [-0.1, -0.05) is 24.3 Å². The molecule has 0 aliphatic carbocycles. The van der Waals surface area contributed by atoms with E-state index in [1.807, 2.05) is 0 Å². The Bertz CT molecular complexity index is 2920. The molecule has 0 bridgehead atoms. The zero-order valence-corrected chi connectivity index (χ0v) is 35.7. The number of hydrogen-bond donors (Lipinski definition) is 3. The predicted molar refractivity (Wildman–Crippen MR) is 230 cm³/mol. The van der Waals surface area contributed by atoms with E-state index in [1.165, 1.54) is 43.6 Å². The third-order valence-electron chi connectivity index (χ3n) is 12.5. The maximum Gasteiger partial charge on any atom is 0.416 e. The molecule has 5 N–H and O–H groups in total. The molecule has 4 aliphatic heterocycles. The second-order valence-corrected chi connectivity index (χ2v) is 16.5. The van der Waals surface area contributed by atoms with Crippen molar-refractivity contribution >= 4 is 51.2 Å². The lowest BCUT2D eigenvalue weighted by atomic mass is 9.99. The molecule has 2 atom stereocenters. The fourth-order valence-electron chi connectivity index (χ4n) is 8.91. The first-order valence-electron chi connectivity index (χ1n) is 21.2. The molecular weight excluding hydrogens is 887 g/mol. The van der Waals surface area contributed by atoms with Crippen LogP contribution in [0.2, 0.25) is 0 Å². The molecule has 4 aromatic heterocycles. The Hall–Kier alpha value is -6.97. The van der Waals surface area contributed by atoms with Gasteiger partial charge in [-0.3, -0.25) is 14.4 Å². The maximum absolute atomic E-state index is 13.6. The molecule has 4 aliphatic rings. The summed E-state index contributed by atoms with van der Waals surface area (Å²) >= 11 is 0. The molecule has 8 heterocycles. The molecule has 348 valence electrons. The molecule has 0 saturated carbocycles. The summed E-state index contributed by atoms with van der Waals surface area (Å²) in [4.78, 5) is 61.1. The van der Waals surface area contributed by atoms with E-state index in [4.69, 9.17) is 20.9 Å². The summed E-state index contributed by atoms with van der Waals surface area (Å²) in [5.41, 5.74) is 16.6. The predicted octanol–water partition coefficient (Wildman–Crippen LogP) is 6.35. The lowest BCUT2D eigenvalue weighted by molar-refractivity contribution is -0.138. The molecule has 67 heavy (non-hydrogen) atoms. The largest absolute Gasteiger partial charge is 0.416 e. The Balaban J connectivity index is 0.000000169. The summed E-state index contributed by atoms with van der Waals surface area (Å²) in [5, 5.41) is 4.70. The zero-order valence-electron chi connectivity index (χ0n) is 35.7. The minimum Gasteiger partial charge on any atom is -0.383 e. The Morgan fingerprint density at radius 2 is 1.09 bits per heavy atom. The first-order valence-corrected chi connectivity index (χ1v) is 21.2. The van der Waals surface area contributed by atoms with Crippen molar-refractivity contribution in [2.24, 2.45) is 0 Å². The second kappa shape index (κ2) is 17.7. The molecule has 0 spiro atoms. The van der Waals surface area contributed by atoms with Crippen LogP contribution in [0.15, 0.2) is 73.1 Å². The number of carbonyl (C=O) groups is 3. The average Bonchev–Trinajstić information content (AvgIpc) is 4.03. The van der Waals surface area contributed by atoms with Crippen LogP contribution in [0, 0.1) is 0 Å². The van der Waals surface area contributed by atoms with E-state index in [2.05, 4.69) is 25.3 Å². The van der Waals surface area contributed by atoms with Crippen molar-refractivity contribution in [3.05, 3.63) is 129 Å². The minimum atomic E-state index is -4.47. The van der Waals surface area contributed by atoms with Crippen molar-refractivity contribution in [2.75, 3.05) is 50.7 Å². The molecule has 0 radical (unpaired) electrons. The van der Waals surface area contributed by atoms with Crippen LogP contribution in [0.25, 0.3) is 21.8 Å². The summed E-state index contributed by atoms with van der Waals surface area (Å²) in [7, 11) is 0. The fraction of sp³-hybridized carbons (Fsp3) is 0.326. The standard InChI is InChI=1S/C24H22F3N5O3.C22H20F3N5O2/c1-13(33)31-6-7-32(21(10-31)14-2-4-15(5-3-14)24(25,26)27)23(34)19-8-16-17-11-35-12-18(17)22(28)30-20(16)9-29-19;23-22(24,25)13-3-1-12(2-4-13)19-9-27-5-6-30(19)21(31)17-7-14-15-10-32-11-16(15)20(26)29-18(14)8-28-17/h2-5,8-9,21H,6-7,10-12H2,1H3,(H2,28,30);1-4,7-8,19,27H,5-6,9-11H2,(H2,26,29)/t21-;19-/m11/s1. The lowest BCUT2D eigenvalue weighted by Crippen LogP contribution is -2.52. The van der Waals surface area contributed by atoms with Crippen molar-refractivity contribution in [3.8, 4) is 0 Å². The van der Waals surface area contributed by atoms with E-state index in [9.17, 15) is 40.7 Å². The number of carbonyl (C=O) groups excluding carboxylic acids is 3. The van der Waals surface area contributed by atoms with Crippen molar-refractivity contribution in [3.63, 3.8) is 0 Å². The number of nitrogens with zero attached hydrogens (tertiary/aromatic N) is 7.